The van der Waals surface area contributed by atoms with Crippen molar-refractivity contribution >= 4 is 54.3 Å². The number of amides is 6. The van der Waals surface area contributed by atoms with Crippen molar-refractivity contribution in [2.75, 3.05) is 33.2 Å². The number of carboxylic acids is 1. The molecule has 5 rings (SSSR count). The molecule has 284 valence electrons. The highest BCUT2D eigenvalue weighted by Crippen LogP contribution is 2.40. The third-order valence-electron chi connectivity index (χ3n) is 8.76. The van der Waals surface area contributed by atoms with E-state index >= 15 is 0 Å². The van der Waals surface area contributed by atoms with Crippen molar-refractivity contribution in [2.24, 2.45) is 5.73 Å². The molecule has 0 aliphatic carbocycles. The summed E-state index contributed by atoms with van der Waals surface area (Å²) in [5.41, 5.74) is 5.04. The van der Waals surface area contributed by atoms with Gasteiger partial charge in [-0.2, -0.15) is 0 Å². The molecule has 0 radical (unpaired) electrons. The lowest BCUT2D eigenvalue weighted by Crippen LogP contribution is -2.60. The fourth-order valence-electron chi connectivity index (χ4n) is 5.93. The number of phenolic OH excluding ortho intramolecular Hbond substituents is 2. The third-order valence-corrected chi connectivity index (χ3v) is 9.15. The van der Waals surface area contributed by atoms with Crippen LogP contribution in [0.2, 0.25) is 5.02 Å². The lowest BCUT2D eigenvalue weighted by molar-refractivity contribution is -0.153. The van der Waals surface area contributed by atoms with E-state index in [-0.39, 0.29) is 38.2 Å². The van der Waals surface area contributed by atoms with Crippen LogP contribution in [-0.2, 0) is 27.3 Å². The molecule has 1 fully saturated rings. The molecule has 1 saturated heterocycles. The summed E-state index contributed by atoms with van der Waals surface area (Å²) in [6.07, 6.45) is -0.323. The standard InChI is InChI=1S/C33H32BClF2N6O11/c1-41(14-15-3-2-4-17(11-15)28(38)46)7-8-42-9-10-43(31(49)30(42)48)33(52)40-24(18-13-20(37)25(44)26(45)23(18)35)29(47)39-21-12-16-5-6-19(36)22(32(50)51)27(16)54-34(21)53/h2-6,11,13,21,24,44-45,53H,7-10,12,14H2,1H3,(H2,38,46)(H,39,47)(H,40,52)(H,50,51). The van der Waals surface area contributed by atoms with Gasteiger partial charge in [-0.25, -0.2) is 18.4 Å². The van der Waals surface area contributed by atoms with E-state index in [0.29, 0.717) is 23.1 Å². The summed E-state index contributed by atoms with van der Waals surface area (Å²) in [5, 5.41) is 43.8. The smallest absolute Gasteiger partial charge is 0.534 e. The number of imide groups is 1. The van der Waals surface area contributed by atoms with Crippen LogP contribution in [0.5, 0.6) is 17.2 Å². The number of carboxylic acid groups (broad SMARTS) is 1. The number of hydrogen-bond donors (Lipinski definition) is 7. The lowest BCUT2D eigenvalue weighted by atomic mass is 9.72. The number of hydrogen-bond acceptors (Lipinski definition) is 11. The number of halogens is 3. The molecule has 2 aliphatic rings. The van der Waals surface area contributed by atoms with Gasteiger partial charge in [0.05, 0.1) is 11.0 Å². The van der Waals surface area contributed by atoms with Crippen LogP contribution in [0, 0.1) is 11.6 Å². The second-order valence-corrected chi connectivity index (χ2v) is 12.8. The van der Waals surface area contributed by atoms with Crippen molar-refractivity contribution in [3.05, 3.63) is 86.9 Å². The summed E-state index contributed by atoms with van der Waals surface area (Å²) in [7, 11) is -0.220. The zero-order valence-corrected chi connectivity index (χ0v) is 29.0. The summed E-state index contributed by atoms with van der Waals surface area (Å²) in [4.78, 5) is 80.0. The number of aromatic hydroxyl groups is 2. The Labute approximate surface area is 310 Å². The Bertz CT molecular complexity index is 2060. The maximum Gasteiger partial charge on any atom is 0.547 e. The minimum atomic E-state index is -2.05. The number of carbonyl (C=O) groups excluding carboxylic acids is 5. The van der Waals surface area contributed by atoms with E-state index < -0.39 is 99.8 Å². The number of likely N-dealkylation sites (N-methyl/N-ethyl adjacent to an activating group) is 1. The molecule has 8 N–H and O–H groups in total. The van der Waals surface area contributed by atoms with E-state index in [9.17, 15) is 57.9 Å². The number of benzene rings is 3. The molecule has 0 saturated carbocycles. The van der Waals surface area contributed by atoms with Gasteiger partial charge in [0, 0.05) is 43.9 Å². The van der Waals surface area contributed by atoms with Gasteiger partial charge in [-0.1, -0.05) is 29.8 Å². The Balaban J connectivity index is 1.30. The number of piperazine rings is 1. The molecule has 2 unspecified atom stereocenters. The van der Waals surface area contributed by atoms with Crippen LogP contribution in [0.1, 0.15) is 43.4 Å². The SMILES string of the molecule is CN(CCN1CCN(C(=O)NC(C(=O)NC2Cc3ccc(F)c(C(=O)O)c3OB2O)c2cc(F)c(O)c(O)c2Cl)C(=O)C1=O)Cc1cccc(C(N)=O)c1. The van der Waals surface area contributed by atoms with E-state index in [1.807, 2.05) is 4.90 Å². The van der Waals surface area contributed by atoms with Gasteiger partial charge < -0.3 is 51.2 Å². The molecule has 2 atom stereocenters. The van der Waals surface area contributed by atoms with Gasteiger partial charge in [0.1, 0.15) is 23.2 Å². The van der Waals surface area contributed by atoms with Gasteiger partial charge in [-0.05, 0) is 48.9 Å². The normalized spacial score (nSPS) is 16.1. The molecule has 2 heterocycles. The molecule has 54 heavy (non-hydrogen) atoms. The van der Waals surface area contributed by atoms with Crippen LogP contribution in [0.25, 0.3) is 0 Å². The maximum atomic E-state index is 14.6. The van der Waals surface area contributed by atoms with Crippen molar-refractivity contribution < 1.29 is 62.5 Å². The highest BCUT2D eigenvalue weighted by Gasteiger charge is 2.42. The summed E-state index contributed by atoms with van der Waals surface area (Å²) in [5.74, 6) is -12.8. The minimum Gasteiger partial charge on any atom is -0.534 e. The highest BCUT2D eigenvalue weighted by atomic mass is 35.5. The molecule has 6 amide bonds. The average Bonchev–Trinajstić information content (AvgIpc) is 3.12. The van der Waals surface area contributed by atoms with Crippen molar-refractivity contribution in [3.8, 4) is 17.2 Å². The fraction of sp³-hybridized carbons (Fsp3) is 0.273. The number of aromatic carboxylic acids is 1. The number of primary amides is 1. The Morgan fingerprint density at radius 3 is 2.48 bits per heavy atom. The monoisotopic (exact) mass is 772 g/mol. The van der Waals surface area contributed by atoms with Crippen LogP contribution in [0.4, 0.5) is 13.6 Å². The van der Waals surface area contributed by atoms with E-state index in [4.69, 9.17) is 22.0 Å². The second kappa shape index (κ2) is 15.9. The number of nitrogens with one attached hydrogen (secondary N) is 2. The molecule has 0 spiro atoms. The van der Waals surface area contributed by atoms with Crippen LogP contribution in [-0.4, -0.2) is 117 Å². The van der Waals surface area contributed by atoms with E-state index in [1.54, 1.807) is 31.3 Å². The zero-order chi connectivity index (χ0) is 39.6. The van der Waals surface area contributed by atoms with Gasteiger partial charge >= 0.3 is 30.9 Å². The van der Waals surface area contributed by atoms with Gasteiger partial charge in [0.2, 0.25) is 11.8 Å². The first-order valence-corrected chi connectivity index (χ1v) is 16.4. The molecular weight excluding hydrogens is 741 g/mol. The number of phenols is 2. The van der Waals surface area contributed by atoms with E-state index in [0.717, 1.165) is 17.7 Å². The molecule has 3 aromatic rings. The molecular formula is C33H32BClF2N6O11. The maximum absolute atomic E-state index is 14.6. The molecule has 17 nitrogen and oxygen atoms in total. The van der Waals surface area contributed by atoms with Crippen LogP contribution in [0.3, 0.4) is 0 Å². The van der Waals surface area contributed by atoms with Crippen LogP contribution >= 0.6 is 11.6 Å². The Kier molecular flexibility index (Phi) is 11.6. The molecule has 0 bridgehead atoms. The summed E-state index contributed by atoms with van der Waals surface area (Å²) in [6.45, 7) is 0.292. The zero-order valence-electron chi connectivity index (χ0n) is 28.2. The molecule has 3 aromatic carbocycles. The van der Waals surface area contributed by atoms with Gasteiger partial charge in [0.25, 0.3) is 0 Å². The lowest BCUT2D eigenvalue weighted by Gasteiger charge is -2.34. The number of carbonyl (C=O) groups is 6. The predicted molar refractivity (Wildman–Crippen MR) is 183 cm³/mol. The second-order valence-electron chi connectivity index (χ2n) is 12.4. The Morgan fingerprint density at radius 2 is 1.80 bits per heavy atom. The number of rotatable bonds is 11. The third kappa shape index (κ3) is 8.14. The van der Waals surface area contributed by atoms with E-state index in [1.165, 1.54) is 4.90 Å². The van der Waals surface area contributed by atoms with Gasteiger partial charge in [0.15, 0.2) is 17.3 Å². The van der Waals surface area contributed by atoms with Gasteiger partial charge in [-0.3, -0.25) is 24.1 Å². The Hall–Kier alpha value is -5.99. The van der Waals surface area contributed by atoms with Crippen molar-refractivity contribution in [1.82, 2.24) is 25.3 Å². The molecule has 2 aliphatic heterocycles. The minimum absolute atomic E-state index is 0.0711. The first kappa shape index (κ1) is 39.2. The molecule has 0 aromatic heterocycles. The highest BCUT2D eigenvalue weighted by molar-refractivity contribution is 6.47. The fourth-order valence-corrected chi connectivity index (χ4v) is 6.18. The summed E-state index contributed by atoms with van der Waals surface area (Å²) >= 11 is 6.14. The van der Waals surface area contributed by atoms with Crippen molar-refractivity contribution in [2.45, 2.75) is 24.9 Å². The molecule has 21 heteroatoms. The van der Waals surface area contributed by atoms with Crippen molar-refractivity contribution in [1.29, 1.82) is 0 Å². The first-order valence-electron chi connectivity index (χ1n) is 16.1. The van der Waals surface area contributed by atoms with Crippen LogP contribution < -0.4 is 21.0 Å². The van der Waals surface area contributed by atoms with Crippen LogP contribution in [0.15, 0.2) is 42.5 Å². The number of nitrogens with zero attached hydrogens (tertiary/aromatic N) is 3. The first-order chi connectivity index (χ1) is 25.5. The predicted octanol–water partition coefficient (Wildman–Crippen LogP) is 0.520. The largest absolute Gasteiger partial charge is 0.547 e. The summed E-state index contributed by atoms with van der Waals surface area (Å²) in [6, 6.07) is 5.83. The van der Waals surface area contributed by atoms with Gasteiger partial charge in [-0.15, -0.1) is 0 Å². The summed E-state index contributed by atoms with van der Waals surface area (Å²) < 4.78 is 34.1. The Morgan fingerprint density at radius 1 is 1.07 bits per heavy atom. The number of fused-ring (bicyclic) bond motifs is 1. The quantitative estimate of drug-likeness (QED) is 0.0801. The topological polar surface area (TPSA) is 252 Å². The number of nitrogens with two attached hydrogens (primary N) is 1. The van der Waals surface area contributed by atoms with Crippen molar-refractivity contribution in [3.63, 3.8) is 0 Å². The van der Waals surface area contributed by atoms with E-state index in [2.05, 4.69) is 10.6 Å². The average molecular weight is 773 g/mol. The number of urea groups is 1.